The zero-order chi connectivity index (χ0) is 34.1. The molecule has 6 rings (SSSR count). The number of nitriles is 1. The number of amides is 1. The van der Waals surface area contributed by atoms with Crippen molar-refractivity contribution < 1.29 is 23.1 Å². The lowest BCUT2D eigenvalue weighted by atomic mass is 9.56. The average Bonchev–Trinajstić information content (AvgIpc) is 3.51. The molecule has 0 N–H and O–H groups in total. The van der Waals surface area contributed by atoms with Crippen molar-refractivity contribution in [1.82, 2.24) is 14.7 Å². The minimum Gasteiger partial charge on any atom is -0.469 e. The quantitative estimate of drug-likeness (QED) is 0.304. The standard InChI is InChI=1S/C38H49F2N5O3/c1-42(2)36(47)33-21-32(12-11-28(33)22-41)45-24-37(40,25-45)23-44-17-13-29(14-18-44)38(26-43-15-6-16-43,30-8-5-9-31(39)20-30)34-10-4-7-27(34)19-35(46)48-3/h5,8-9,11-12,20-21,27,29,34H,4,6-7,10,13-19,23-26H2,1-3H3/t27-,34+,38+/m1/s1. The molecule has 3 aliphatic heterocycles. The van der Waals surface area contributed by atoms with Crippen LogP contribution in [0.25, 0.3) is 0 Å². The fourth-order valence-corrected chi connectivity index (χ4v) is 9.21. The number of piperidine rings is 1. The summed E-state index contributed by atoms with van der Waals surface area (Å²) in [6, 6.07) is 14.4. The molecule has 1 amide bonds. The summed E-state index contributed by atoms with van der Waals surface area (Å²) in [6.07, 6.45) is 6.36. The molecular weight excluding hydrogens is 612 g/mol. The topological polar surface area (TPSA) is 80.1 Å². The minimum atomic E-state index is -1.37. The molecule has 4 fully saturated rings. The van der Waals surface area contributed by atoms with Crippen molar-refractivity contribution in [2.75, 3.05) is 78.5 Å². The van der Waals surface area contributed by atoms with Crippen molar-refractivity contribution in [1.29, 1.82) is 5.26 Å². The van der Waals surface area contributed by atoms with Crippen molar-refractivity contribution in [3.05, 3.63) is 65.0 Å². The van der Waals surface area contributed by atoms with Gasteiger partial charge in [0.2, 0.25) is 0 Å². The number of rotatable bonds is 11. The number of nitrogens with zero attached hydrogens (tertiary/aromatic N) is 5. The van der Waals surface area contributed by atoms with Crippen LogP contribution < -0.4 is 4.90 Å². The van der Waals surface area contributed by atoms with E-state index in [0.29, 0.717) is 24.1 Å². The van der Waals surface area contributed by atoms with Crippen LogP contribution in [0.2, 0.25) is 0 Å². The Morgan fingerprint density at radius 3 is 2.40 bits per heavy atom. The van der Waals surface area contributed by atoms with Crippen LogP contribution in [0.15, 0.2) is 42.5 Å². The number of hydrogen-bond acceptors (Lipinski definition) is 7. The Hall–Kier alpha value is -3.55. The maximum atomic E-state index is 16.2. The number of esters is 1. The van der Waals surface area contributed by atoms with E-state index in [1.54, 1.807) is 38.4 Å². The first-order chi connectivity index (χ1) is 23.0. The molecule has 1 aliphatic carbocycles. The Morgan fingerprint density at radius 1 is 1.02 bits per heavy atom. The highest BCUT2D eigenvalue weighted by atomic mass is 19.1. The van der Waals surface area contributed by atoms with E-state index in [1.165, 1.54) is 24.5 Å². The van der Waals surface area contributed by atoms with Crippen molar-refractivity contribution in [3.63, 3.8) is 0 Å². The third-order valence-electron chi connectivity index (χ3n) is 11.7. The highest BCUT2D eigenvalue weighted by Gasteiger charge is 2.53. The Bertz CT molecular complexity index is 1530. The number of anilines is 1. The van der Waals surface area contributed by atoms with Gasteiger partial charge in [0.25, 0.3) is 5.91 Å². The summed E-state index contributed by atoms with van der Waals surface area (Å²) in [6.45, 7) is 5.25. The molecule has 0 spiro atoms. The van der Waals surface area contributed by atoms with Gasteiger partial charge in [0.15, 0.2) is 5.67 Å². The molecule has 2 aromatic carbocycles. The molecule has 3 heterocycles. The van der Waals surface area contributed by atoms with E-state index in [2.05, 4.69) is 21.9 Å². The van der Waals surface area contributed by atoms with Crippen molar-refractivity contribution in [3.8, 4) is 6.07 Å². The van der Waals surface area contributed by atoms with Gasteiger partial charge >= 0.3 is 5.97 Å². The number of ether oxygens (including phenoxy) is 1. The van der Waals surface area contributed by atoms with Crippen molar-refractivity contribution >= 4 is 17.6 Å². The van der Waals surface area contributed by atoms with E-state index in [0.717, 1.165) is 76.1 Å². The molecule has 48 heavy (non-hydrogen) atoms. The van der Waals surface area contributed by atoms with Crippen LogP contribution in [-0.4, -0.2) is 106 Å². The van der Waals surface area contributed by atoms with Gasteiger partial charge < -0.3 is 19.4 Å². The predicted molar refractivity (Wildman–Crippen MR) is 181 cm³/mol. The largest absolute Gasteiger partial charge is 0.469 e. The van der Waals surface area contributed by atoms with Crippen LogP contribution in [0.1, 0.15) is 66.4 Å². The van der Waals surface area contributed by atoms with Gasteiger partial charge in [-0.1, -0.05) is 18.6 Å². The summed E-state index contributed by atoms with van der Waals surface area (Å²) in [5, 5.41) is 9.50. The molecule has 8 nitrogen and oxygen atoms in total. The Balaban J connectivity index is 1.18. The molecule has 10 heteroatoms. The molecule has 0 radical (unpaired) electrons. The normalized spacial score (nSPS) is 24.2. The minimum absolute atomic E-state index is 0.178. The van der Waals surface area contributed by atoms with Crippen LogP contribution in [-0.2, 0) is 14.9 Å². The van der Waals surface area contributed by atoms with Gasteiger partial charge in [0, 0.05) is 44.7 Å². The lowest BCUT2D eigenvalue weighted by molar-refractivity contribution is -0.142. The number of carbonyl (C=O) groups excluding carboxylic acids is 2. The molecule has 3 saturated heterocycles. The van der Waals surface area contributed by atoms with E-state index >= 15 is 4.39 Å². The van der Waals surface area contributed by atoms with Gasteiger partial charge in [-0.2, -0.15) is 5.26 Å². The van der Waals surface area contributed by atoms with Crippen LogP contribution in [0, 0.1) is 34.9 Å². The smallest absolute Gasteiger partial charge is 0.305 e. The van der Waals surface area contributed by atoms with Gasteiger partial charge in [0.05, 0.1) is 37.4 Å². The van der Waals surface area contributed by atoms with E-state index in [1.807, 2.05) is 11.0 Å². The maximum Gasteiger partial charge on any atom is 0.305 e. The third kappa shape index (κ3) is 6.81. The van der Waals surface area contributed by atoms with Crippen LogP contribution in [0.4, 0.5) is 14.5 Å². The van der Waals surface area contributed by atoms with Crippen LogP contribution in [0.3, 0.4) is 0 Å². The Morgan fingerprint density at radius 2 is 1.77 bits per heavy atom. The second kappa shape index (κ2) is 14.1. The number of hydrogen-bond donors (Lipinski definition) is 0. The summed E-state index contributed by atoms with van der Waals surface area (Å²) in [7, 11) is 4.75. The maximum absolute atomic E-state index is 16.2. The molecule has 2 aromatic rings. The molecule has 258 valence electrons. The fraction of sp³-hybridized carbons (Fsp3) is 0.605. The summed E-state index contributed by atoms with van der Waals surface area (Å²) in [5.74, 6) is 0.0452. The second-order valence-corrected chi connectivity index (χ2v) is 14.9. The summed E-state index contributed by atoms with van der Waals surface area (Å²) >= 11 is 0. The monoisotopic (exact) mass is 661 g/mol. The number of benzene rings is 2. The Kier molecular flexibility index (Phi) is 10.1. The van der Waals surface area contributed by atoms with E-state index < -0.39 is 5.67 Å². The molecule has 1 saturated carbocycles. The molecule has 3 atom stereocenters. The molecule has 0 bridgehead atoms. The first-order valence-corrected chi connectivity index (χ1v) is 17.5. The molecule has 0 unspecified atom stereocenters. The van der Waals surface area contributed by atoms with Crippen molar-refractivity contribution in [2.45, 2.75) is 56.0 Å². The lowest BCUT2D eigenvalue weighted by Crippen LogP contribution is -2.65. The highest BCUT2D eigenvalue weighted by Crippen LogP contribution is 2.54. The average molecular weight is 662 g/mol. The van der Waals surface area contributed by atoms with Crippen LogP contribution in [0.5, 0.6) is 0 Å². The number of methoxy groups -OCH3 is 1. The summed E-state index contributed by atoms with van der Waals surface area (Å²) < 4.78 is 36.2. The number of likely N-dealkylation sites (tertiary alicyclic amines) is 2. The fourth-order valence-electron chi connectivity index (χ4n) is 9.21. The van der Waals surface area contributed by atoms with Crippen LogP contribution >= 0.6 is 0 Å². The van der Waals surface area contributed by atoms with Gasteiger partial charge in [-0.05, 0) is 112 Å². The van der Waals surface area contributed by atoms with Gasteiger partial charge in [-0.15, -0.1) is 0 Å². The molecule has 4 aliphatic rings. The SMILES string of the molecule is COC(=O)C[C@H]1CCC[C@@H]1[C@](CN1CCC1)(c1cccc(F)c1)C1CCN(CC2(F)CN(c3ccc(C#N)c(C(=O)N(C)C)c3)C2)CC1. The second-order valence-electron chi connectivity index (χ2n) is 14.9. The van der Waals surface area contributed by atoms with E-state index in [4.69, 9.17) is 4.74 Å². The van der Waals surface area contributed by atoms with Gasteiger partial charge in [0.1, 0.15) is 5.82 Å². The zero-order valence-corrected chi connectivity index (χ0v) is 28.6. The first kappa shape index (κ1) is 34.3. The first-order valence-electron chi connectivity index (χ1n) is 17.5. The predicted octanol–water partition coefficient (Wildman–Crippen LogP) is 5.26. The summed E-state index contributed by atoms with van der Waals surface area (Å²) in [4.78, 5) is 33.4. The van der Waals surface area contributed by atoms with Crippen molar-refractivity contribution in [2.24, 2.45) is 17.8 Å². The van der Waals surface area contributed by atoms with E-state index in [9.17, 15) is 19.2 Å². The van der Waals surface area contributed by atoms with E-state index in [-0.39, 0.29) is 54.0 Å². The molecular formula is C38H49F2N5O3. The third-order valence-corrected chi connectivity index (χ3v) is 11.7. The zero-order valence-electron chi connectivity index (χ0n) is 28.6. The lowest BCUT2D eigenvalue weighted by Gasteiger charge is -2.54. The summed E-state index contributed by atoms with van der Waals surface area (Å²) in [5.41, 5.74) is 0.748. The number of halogens is 2. The number of carbonyl (C=O) groups is 2. The van der Waals surface area contributed by atoms with Gasteiger partial charge in [-0.25, -0.2) is 8.78 Å². The molecule has 0 aromatic heterocycles. The Labute approximate surface area is 283 Å². The highest BCUT2D eigenvalue weighted by molar-refractivity contribution is 5.97. The van der Waals surface area contributed by atoms with Gasteiger partial charge in [-0.3, -0.25) is 14.5 Å². The number of alkyl halides is 1.